The predicted octanol–water partition coefficient (Wildman–Crippen LogP) is 20.4. The molecule has 0 fully saturated rings. The van der Waals surface area contributed by atoms with Crippen LogP contribution in [0.25, 0.3) is 149 Å². The Labute approximate surface area is 524 Å². The van der Waals surface area contributed by atoms with Crippen LogP contribution in [0, 0.1) is 11.3 Å². The van der Waals surface area contributed by atoms with E-state index in [2.05, 4.69) is 274 Å². The lowest BCUT2D eigenvalue weighted by atomic mass is 9.77. The van der Waals surface area contributed by atoms with Crippen LogP contribution in [0.5, 0.6) is 0 Å². The fourth-order valence-corrected chi connectivity index (χ4v) is 14.7. The van der Waals surface area contributed by atoms with Gasteiger partial charge >= 0.3 is 0 Å². The molecule has 8 nitrogen and oxygen atoms in total. The van der Waals surface area contributed by atoms with Crippen molar-refractivity contribution in [3.63, 3.8) is 0 Å². The van der Waals surface area contributed by atoms with E-state index in [1.54, 1.807) is 0 Å². The summed E-state index contributed by atoms with van der Waals surface area (Å²) >= 11 is 0. The molecule has 0 aliphatic heterocycles. The maximum absolute atomic E-state index is 10.9. The highest BCUT2D eigenvalue weighted by molar-refractivity contribution is 6.29. The average Bonchev–Trinajstić information content (AvgIpc) is 1.59. The number of benzene rings is 12. The zero-order chi connectivity index (χ0) is 60.3. The quantitative estimate of drug-likeness (QED) is 0.144. The molecule has 0 bridgehead atoms. The first-order valence-electron chi connectivity index (χ1n) is 31.0. The normalized spacial score (nSPS) is 14.3. The number of rotatable bonds is 9. The molecule has 5 heterocycles. The van der Waals surface area contributed by atoms with Gasteiger partial charge < -0.3 is 18.3 Å². The number of nitriles is 1. The van der Waals surface area contributed by atoms with Crippen molar-refractivity contribution in [1.82, 2.24) is 33.2 Å². The van der Waals surface area contributed by atoms with Crippen LogP contribution >= 0.6 is 0 Å². The predicted molar refractivity (Wildman–Crippen MR) is 374 cm³/mol. The molecule has 0 amide bonds. The van der Waals surface area contributed by atoms with E-state index < -0.39 is 5.41 Å². The number of allylic oxidation sites excluding steroid dienone is 4. The number of hydrogen-bond donors (Lipinski definition) is 0. The molecular formula is C83H54N8. The van der Waals surface area contributed by atoms with E-state index in [0.29, 0.717) is 29.5 Å². The van der Waals surface area contributed by atoms with Crippen LogP contribution in [0.2, 0.25) is 0 Å². The van der Waals surface area contributed by atoms with E-state index >= 15 is 0 Å². The molecule has 12 aromatic carbocycles. The Morgan fingerprint density at radius 2 is 0.824 bits per heavy atom. The molecule has 0 N–H and O–H groups in total. The van der Waals surface area contributed by atoms with Gasteiger partial charge in [0.15, 0.2) is 11.6 Å². The van der Waals surface area contributed by atoms with Crippen molar-refractivity contribution in [1.29, 1.82) is 5.26 Å². The topological polar surface area (TPSA) is 82.2 Å². The van der Waals surface area contributed by atoms with Crippen molar-refractivity contribution < 1.29 is 0 Å². The molecule has 1 aliphatic carbocycles. The van der Waals surface area contributed by atoms with E-state index in [4.69, 9.17) is 15.0 Å². The number of hydrogen-bond acceptors (Lipinski definition) is 4. The first kappa shape index (κ1) is 52.0. The van der Waals surface area contributed by atoms with Gasteiger partial charge in [-0.2, -0.15) is 5.26 Å². The maximum Gasteiger partial charge on any atom is 0.163 e. The monoisotopic (exact) mass is 1160 g/mol. The standard InChI is InChI=1S/C83H54N8/c1-83(82-86-80(53-24-6-2-7-25-53)85-81(87-82)54-26-8-3-9-27-54)49-48-73(91-71-41-23-19-37-65(71)77-75(91)47-44-63-61-35-17-21-39-69(61)89(79(63)77)58-31-12-5-13-32-58)67(51-83)66-50-55(59-33-15-14-28-56(59)52-84)42-45-72(66)90-70-40-22-18-36-64(70)76-74(90)46-43-62-60-34-16-20-38-68(60)88(78(62)76)57-29-10-4-11-30-57/h2-48,50-51H,49H2,1H3. The van der Waals surface area contributed by atoms with Crippen molar-refractivity contribution in [3.8, 4) is 57.0 Å². The van der Waals surface area contributed by atoms with E-state index in [0.717, 1.165) is 122 Å². The first-order chi connectivity index (χ1) is 45.0. The summed E-state index contributed by atoms with van der Waals surface area (Å²) in [5.74, 6) is 1.87. The van der Waals surface area contributed by atoms with Gasteiger partial charge in [-0.3, -0.25) is 0 Å². The van der Waals surface area contributed by atoms with Crippen molar-refractivity contribution in [2.45, 2.75) is 18.8 Å². The molecule has 0 saturated carbocycles. The Hall–Kier alpha value is -12.2. The van der Waals surface area contributed by atoms with Gasteiger partial charge in [0, 0.05) is 82.4 Å². The van der Waals surface area contributed by atoms with E-state index in [1.807, 2.05) is 54.6 Å². The van der Waals surface area contributed by atoms with E-state index in [1.165, 1.54) is 21.5 Å². The van der Waals surface area contributed by atoms with Crippen LogP contribution in [-0.2, 0) is 5.41 Å². The third-order valence-corrected chi connectivity index (χ3v) is 18.8. The average molecular weight is 1160 g/mol. The molecule has 0 radical (unpaired) electrons. The highest BCUT2D eigenvalue weighted by Gasteiger charge is 2.36. The van der Waals surface area contributed by atoms with Crippen LogP contribution in [0.1, 0.15) is 30.3 Å². The van der Waals surface area contributed by atoms with Gasteiger partial charge in [0.2, 0.25) is 0 Å². The summed E-state index contributed by atoms with van der Waals surface area (Å²) in [6.07, 6.45) is 5.43. The summed E-state index contributed by atoms with van der Waals surface area (Å²) in [4.78, 5) is 16.2. The SMILES string of the molecule is CC1(c2nc(-c3ccccc3)nc(-c3ccccc3)n2)C=C(c2cc(-c3ccccc3C#N)ccc2-n2c3ccccc3c3c2ccc2c4ccccc4n(-c4ccccc4)c23)C(n2c3ccccc3c3c2ccc2c4ccccc4n(-c4ccccc4)c23)=CC1. The molecule has 17 aromatic rings. The van der Waals surface area contributed by atoms with Gasteiger partial charge in [0.1, 0.15) is 5.82 Å². The molecule has 0 saturated heterocycles. The molecule has 1 atom stereocenters. The molecule has 0 spiro atoms. The van der Waals surface area contributed by atoms with Crippen LogP contribution in [0.3, 0.4) is 0 Å². The van der Waals surface area contributed by atoms with Gasteiger partial charge in [0.05, 0.1) is 66.9 Å². The lowest BCUT2D eigenvalue weighted by Gasteiger charge is -2.32. The summed E-state index contributed by atoms with van der Waals surface area (Å²) in [7, 11) is 0. The molecule has 1 unspecified atom stereocenters. The van der Waals surface area contributed by atoms with Gasteiger partial charge in [-0.15, -0.1) is 0 Å². The Morgan fingerprint density at radius 1 is 0.374 bits per heavy atom. The third kappa shape index (κ3) is 7.98. The van der Waals surface area contributed by atoms with Crippen LogP contribution in [0.15, 0.2) is 297 Å². The Bertz CT molecular complexity index is 5880. The lowest BCUT2D eigenvalue weighted by Crippen LogP contribution is -2.26. The fraction of sp³-hybridized carbons (Fsp3) is 0.0361. The van der Waals surface area contributed by atoms with E-state index in [-0.39, 0.29) is 0 Å². The Morgan fingerprint density at radius 3 is 1.36 bits per heavy atom. The molecule has 5 aromatic heterocycles. The largest absolute Gasteiger partial charge is 0.309 e. The number of aromatic nitrogens is 7. The molecule has 91 heavy (non-hydrogen) atoms. The second-order valence-corrected chi connectivity index (χ2v) is 24.0. The molecular weight excluding hydrogens is 1110 g/mol. The number of para-hydroxylation sites is 6. The van der Waals surface area contributed by atoms with Crippen molar-refractivity contribution in [2.24, 2.45) is 0 Å². The highest BCUT2D eigenvalue weighted by Crippen LogP contribution is 2.51. The summed E-state index contributed by atoms with van der Waals surface area (Å²) in [5.41, 5.74) is 18.4. The number of fused-ring (bicyclic) bond motifs is 14. The van der Waals surface area contributed by atoms with Crippen molar-refractivity contribution >= 4 is 98.5 Å². The highest BCUT2D eigenvalue weighted by atomic mass is 15.1. The van der Waals surface area contributed by atoms with Crippen molar-refractivity contribution in [2.75, 3.05) is 0 Å². The summed E-state index contributed by atoms with van der Waals surface area (Å²) in [5, 5.41) is 20.2. The van der Waals surface area contributed by atoms with Crippen LogP contribution in [-0.4, -0.2) is 33.2 Å². The Kier molecular flexibility index (Phi) is 11.7. The minimum atomic E-state index is -0.804. The minimum absolute atomic E-state index is 0.558. The zero-order valence-electron chi connectivity index (χ0n) is 49.6. The van der Waals surface area contributed by atoms with E-state index in [9.17, 15) is 5.26 Å². The van der Waals surface area contributed by atoms with Gasteiger partial charge in [0.25, 0.3) is 0 Å². The van der Waals surface area contributed by atoms with Crippen LogP contribution in [0.4, 0.5) is 0 Å². The Balaban J connectivity index is 0.977. The molecule has 8 heteroatoms. The third-order valence-electron chi connectivity index (χ3n) is 18.8. The van der Waals surface area contributed by atoms with Crippen LogP contribution < -0.4 is 0 Å². The minimum Gasteiger partial charge on any atom is -0.309 e. The van der Waals surface area contributed by atoms with Gasteiger partial charge in [-0.05, 0) is 103 Å². The summed E-state index contributed by atoms with van der Waals surface area (Å²) in [6, 6.07) is 104. The second-order valence-electron chi connectivity index (χ2n) is 24.0. The maximum atomic E-state index is 10.9. The van der Waals surface area contributed by atoms with Gasteiger partial charge in [-0.1, -0.05) is 218 Å². The first-order valence-corrected chi connectivity index (χ1v) is 31.0. The molecule has 1 aliphatic rings. The summed E-state index contributed by atoms with van der Waals surface area (Å²) in [6.45, 7) is 2.28. The zero-order valence-corrected chi connectivity index (χ0v) is 49.6. The molecule has 426 valence electrons. The number of nitrogens with zero attached hydrogens (tertiary/aromatic N) is 8. The smallest absolute Gasteiger partial charge is 0.163 e. The van der Waals surface area contributed by atoms with Crippen molar-refractivity contribution in [3.05, 3.63) is 314 Å². The summed E-state index contributed by atoms with van der Waals surface area (Å²) < 4.78 is 9.89. The molecule has 18 rings (SSSR count). The fourth-order valence-electron chi connectivity index (χ4n) is 14.7. The van der Waals surface area contributed by atoms with Gasteiger partial charge in [-0.25, -0.2) is 15.0 Å². The lowest BCUT2D eigenvalue weighted by molar-refractivity contribution is 0.556. The second kappa shape index (κ2) is 20.5.